The van der Waals surface area contributed by atoms with Crippen LogP contribution >= 0.6 is 0 Å². The minimum Gasteiger partial charge on any atom is -0.481 e. The molecule has 3 amide bonds. The average molecular weight is 594 g/mol. The molecule has 12 heteroatoms. The molecule has 0 bridgehead atoms. The fourth-order valence-corrected chi connectivity index (χ4v) is 4.64. The van der Waals surface area contributed by atoms with Gasteiger partial charge in [-0.3, -0.25) is 19.2 Å². The number of para-hydroxylation sites is 1. The Balaban J connectivity index is 1.87. The fraction of sp³-hybridized carbons (Fsp3) is 0.387. The number of benzene rings is 2. The van der Waals surface area contributed by atoms with E-state index in [0.29, 0.717) is 17.5 Å². The van der Waals surface area contributed by atoms with Crippen molar-refractivity contribution in [3.63, 3.8) is 0 Å². The summed E-state index contributed by atoms with van der Waals surface area (Å²) in [5.74, 6) is -4.77. The highest BCUT2D eigenvalue weighted by Gasteiger charge is 2.32. The molecule has 43 heavy (non-hydrogen) atoms. The van der Waals surface area contributed by atoms with Crippen molar-refractivity contribution < 1.29 is 34.2 Å². The molecule has 2 aromatic carbocycles. The largest absolute Gasteiger partial charge is 0.481 e. The van der Waals surface area contributed by atoms with Crippen LogP contribution in [0.4, 0.5) is 0 Å². The number of nitrogens with one attached hydrogen (secondary N) is 4. The third kappa shape index (κ3) is 9.40. The number of aromatic nitrogens is 1. The van der Waals surface area contributed by atoms with Gasteiger partial charge < -0.3 is 36.9 Å². The standard InChI is InChI=1S/C31H39N5O7/c1-3-18(2)27(32)30(41)34-23(13-14-26(37)38)28(39)35-24(16-20-17-33-22-12-8-7-11-21(20)22)29(40)36-25(31(42)43)15-19-9-5-4-6-10-19/h4-12,17-18,23-25,27,33H,3,13-16,32H2,1-2H3,(H,34,41)(H,35,39)(H,36,40)(H,37,38)(H,42,43). The van der Waals surface area contributed by atoms with Gasteiger partial charge in [-0.15, -0.1) is 0 Å². The van der Waals surface area contributed by atoms with Gasteiger partial charge in [0.2, 0.25) is 17.7 Å². The predicted molar refractivity (Wildman–Crippen MR) is 160 cm³/mol. The summed E-state index contributed by atoms with van der Waals surface area (Å²) >= 11 is 0. The van der Waals surface area contributed by atoms with Crippen LogP contribution < -0.4 is 21.7 Å². The monoisotopic (exact) mass is 593 g/mol. The van der Waals surface area contributed by atoms with E-state index in [4.69, 9.17) is 5.73 Å². The van der Waals surface area contributed by atoms with Crippen molar-refractivity contribution in [2.24, 2.45) is 11.7 Å². The molecule has 0 fully saturated rings. The molecule has 0 saturated carbocycles. The molecule has 0 aliphatic carbocycles. The number of nitrogens with two attached hydrogens (primary N) is 1. The third-order valence-electron chi connectivity index (χ3n) is 7.47. The first-order valence-corrected chi connectivity index (χ1v) is 14.2. The molecule has 0 radical (unpaired) electrons. The zero-order valence-electron chi connectivity index (χ0n) is 24.2. The normalized spacial score (nSPS) is 14.6. The minimum atomic E-state index is -1.29. The fourth-order valence-electron chi connectivity index (χ4n) is 4.64. The number of carboxylic acid groups (broad SMARTS) is 2. The molecule has 0 saturated heterocycles. The average Bonchev–Trinajstić information content (AvgIpc) is 3.40. The molecule has 5 unspecified atom stereocenters. The highest BCUT2D eigenvalue weighted by Crippen LogP contribution is 2.19. The molecular formula is C31H39N5O7. The highest BCUT2D eigenvalue weighted by atomic mass is 16.4. The van der Waals surface area contributed by atoms with E-state index in [9.17, 15) is 34.2 Å². The molecule has 1 heterocycles. The van der Waals surface area contributed by atoms with Gasteiger partial charge in [0.1, 0.15) is 18.1 Å². The van der Waals surface area contributed by atoms with Crippen LogP contribution in [0.5, 0.6) is 0 Å². The first kappa shape index (κ1) is 32.8. The summed E-state index contributed by atoms with van der Waals surface area (Å²) in [6, 6.07) is 11.4. The molecule has 1 aromatic heterocycles. The molecule has 5 atom stereocenters. The lowest BCUT2D eigenvalue weighted by atomic mass is 9.98. The summed E-state index contributed by atoms with van der Waals surface area (Å²) in [6.07, 6.45) is 1.65. The second-order valence-electron chi connectivity index (χ2n) is 10.6. The van der Waals surface area contributed by atoms with Gasteiger partial charge >= 0.3 is 11.9 Å². The number of fused-ring (bicyclic) bond motifs is 1. The zero-order valence-corrected chi connectivity index (χ0v) is 24.2. The summed E-state index contributed by atoms with van der Waals surface area (Å²) in [4.78, 5) is 66.4. The quantitative estimate of drug-likeness (QED) is 0.130. The van der Waals surface area contributed by atoms with Crippen molar-refractivity contribution in [2.75, 3.05) is 0 Å². The number of aliphatic carboxylic acids is 2. The van der Waals surface area contributed by atoms with Crippen LogP contribution in [0, 0.1) is 5.92 Å². The van der Waals surface area contributed by atoms with Crippen LogP contribution in [-0.2, 0) is 36.8 Å². The zero-order chi connectivity index (χ0) is 31.5. The number of amides is 3. The lowest BCUT2D eigenvalue weighted by Crippen LogP contribution is -2.58. The molecular weight excluding hydrogens is 554 g/mol. The van der Waals surface area contributed by atoms with E-state index in [1.807, 2.05) is 31.2 Å². The molecule has 3 rings (SSSR count). The highest BCUT2D eigenvalue weighted by molar-refractivity contribution is 5.95. The van der Waals surface area contributed by atoms with E-state index in [1.165, 1.54) is 0 Å². The Bertz CT molecular complexity index is 1420. The maximum absolute atomic E-state index is 13.6. The van der Waals surface area contributed by atoms with E-state index >= 15 is 0 Å². The van der Waals surface area contributed by atoms with Gasteiger partial charge in [0, 0.05) is 36.4 Å². The van der Waals surface area contributed by atoms with Crippen LogP contribution in [-0.4, -0.2) is 69.0 Å². The topological polar surface area (TPSA) is 204 Å². The van der Waals surface area contributed by atoms with E-state index in [2.05, 4.69) is 20.9 Å². The Kier molecular flexibility index (Phi) is 11.8. The number of hydrogen-bond donors (Lipinski definition) is 7. The van der Waals surface area contributed by atoms with Crippen LogP contribution in [0.1, 0.15) is 44.2 Å². The SMILES string of the molecule is CCC(C)C(N)C(=O)NC(CCC(=O)O)C(=O)NC(Cc1c[nH]c2ccccc12)C(=O)NC(Cc1ccccc1)C(=O)O. The minimum absolute atomic E-state index is 0.00869. The van der Waals surface area contributed by atoms with E-state index < -0.39 is 60.2 Å². The molecule has 230 valence electrons. The van der Waals surface area contributed by atoms with Crippen LogP contribution in [0.2, 0.25) is 0 Å². The van der Waals surface area contributed by atoms with Crippen LogP contribution in [0.15, 0.2) is 60.8 Å². The first-order valence-electron chi connectivity index (χ1n) is 14.2. The molecule has 0 aliphatic rings. The Hall–Kier alpha value is -4.71. The molecule has 0 aliphatic heterocycles. The van der Waals surface area contributed by atoms with Gasteiger partial charge in [-0.1, -0.05) is 68.8 Å². The van der Waals surface area contributed by atoms with E-state index in [1.54, 1.807) is 43.5 Å². The second-order valence-corrected chi connectivity index (χ2v) is 10.6. The Morgan fingerprint density at radius 3 is 2.07 bits per heavy atom. The summed E-state index contributed by atoms with van der Waals surface area (Å²) in [5, 5.41) is 27.6. The van der Waals surface area contributed by atoms with Crippen molar-refractivity contribution in [3.05, 3.63) is 71.9 Å². The summed E-state index contributed by atoms with van der Waals surface area (Å²) in [6.45, 7) is 3.65. The smallest absolute Gasteiger partial charge is 0.326 e. The van der Waals surface area contributed by atoms with Crippen molar-refractivity contribution >= 4 is 40.6 Å². The van der Waals surface area contributed by atoms with E-state index in [0.717, 1.165) is 10.9 Å². The van der Waals surface area contributed by atoms with Gasteiger partial charge in [-0.25, -0.2) is 4.79 Å². The molecule has 0 spiro atoms. The van der Waals surface area contributed by atoms with Crippen LogP contribution in [0.25, 0.3) is 10.9 Å². The van der Waals surface area contributed by atoms with E-state index in [-0.39, 0.29) is 25.2 Å². The Morgan fingerprint density at radius 1 is 0.814 bits per heavy atom. The number of carbonyl (C=O) groups is 5. The second kappa shape index (κ2) is 15.5. The van der Waals surface area contributed by atoms with Crippen molar-refractivity contribution in [2.45, 2.75) is 70.1 Å². The van der Waals surface area contributed by atoms with Gasteiger partial charge in [0.25, 0.3) is 0 Å². The Morgan fingerprint density at radius 2 is 1.42 bits per heavy atom. The number of carbonyl (C=O) groups excluding carboxylic acids is 3. The summed E-state index contributed by atoms with van der Waals surface area (Å²) < 4.78 is 0. The van der Waals surface area contributed by atoms with Crippen molar-refractivity contribution in [1.82, 2.24) is 20.9 Å². The maximum atomic E-state index is 13.6. The van der Waals surface area contributed by atoms with Crippen molar-refractivity contribution in [3.8, 4) is 0 Å². The predicted octanol–water partition coefficient (Wildman–Crippen LogP) is 1.73. The lowest BCUT2D eigenvalue weighted by molar-refractivity contribution is -0.142. The maximum Gasteiger partial charge on any atom is 0.326 e. The number of hydrogen-bond acceptors (Lipinski definition) is 6. The number of rotatable bonds is 16. The summed E-state index contributed by atoms with van der Waals surface area (Å²) in [5.41, 5.74) is 8.22. The van der Waals surface area contributed by atoms with Gasteiger partial charge in [-0.05, 0) is 29.5 Å². The van der Waals surface area contributed by atoms with Gasteiger partial charge in [0.15, 0.2) is 0 Å². The number of H-pyrrole nitrogens is 1. The van der Waals surface area contributed by atoms with Crippen LogP contribution in [0.3, 0.4) is 0 Å². The molecule has 8 N–H and O–H groups in total. The van der Waals surface area contributed by atoms with Gasteiger partial charge in [0.05, 0.1) is 6.04 Å². The molecule has 3 aromatic rings. The number of carboxylic acids is 2. The number of aromatic amines is 1. The Labute approximate surface area is 249 Å². The molecule has 12 nitrogen and oxygen atoms in total. The lowest BCUT2D eigenvalue weighted by Gasteiger charge is -2.26. The first-order chi connectivity index (χ1) is 20.5. The third-order valence-corrected chi connectivity index (χ3v) is 7.47. The van der Waals surface area contributed by atoms with Crippen molar-refractivity contribution in [1.29, 1.82) is 0 Å². The van der Waals surface area contributed by atoms with Gasteiger partial charge in [-0.2, -0.15) is 0 Å². The summed E-state index contributed by atoms with van der Waals surface area (Å²) in [7, 11) is 0.